The lowest BCUT2D eigenvalue weighted by Crippen LogP contribution is -2.39. The van der Waals surface area contributed by atoms with Crippen molar-refractivity contribution in [2.24, 2.45) is 0 Å². The maximum absolute atomic E-state index is 12.2. The summed E-state index contributed by atoms with van der Waals surface area (Å²) < 4.78 is 5.68. The first kappa shape index (κ1) is 17.6. The predicted molar refractivity (Wildman–Crippen MR) is 101 cm³/mol. The molecule has 1 aliphatic carbocycles. The van der Waals surface area contributed by atoms with E-state index in [1.54, 1.807) is 7.05 Å². The number of fused-ring (bicyclic) bond motifs is 1. The van der Waals surface area contributed by atoms with E-state index in [9.17, 15) is 9.59 Å². The Morgan fingerprint density at radius 1 is 1.33 bits per heavy atom. The number of hydrogen-bond donors (Lipinski definition) is 2. The molecule has 0 bridgehead atoms. The number of likely N-dealkylation sites (N-methyl/N-ethyl adjacent to an activating group) is 1. The Morgan fingerprint density at radius 2 is 2.15 bits per heavy atom. The van der Waals surface area contributed by atoms with Gasteiger partial charge in [-0.1, -0.05) is 30.0 Å². The van der Waals surface area contributed by atoms with Gasteiger partial charge in [0.25, 0.3) is 11.1 Å². The van der Waals surface area contributed by atoms with Crippen molar-refractivity contribution in [3.05, 3.63) is 30.5 Å². The Bertz CT molecular complexity index is 978. The van der Waals surface area contributed by atoms with Crippen LogP contribution in [0.4, 0.5) is 0 Å². The average Bonchev–Trinajstić information content (AvgIpc) is 3.19. The van der Waals surface area contributed by atoms with Gasteiger partial charge in [0.15, 0.2) is 0 Å². The van der Waals surface area contributed by atoms with E-state index in [-0.39, 0.29) is 30.2 Å². The number of carbonyl (C=O) groups is 2. The number of para-hydroxylation sites is 1. The van der Waals surface area contributed by atoms with Crippen LogP contribution >= 0.6 is 11.8 Å². The third-order valence-corrected chi connectivity index (χ3v) is 5.10. The fraction of sp³-hybridized carbons (Fsp3) is 0.333. The highest BCUT2D eigenvalue weighted by Crippen LogP contribution is 2.29. The Labute approximate surface area is 159 Å². The Hall–Kier alpha value is -2.81. The molecule has 0 unspecified atom stereocenters. The zero-order valence-corrected chi connectivity index (χ0v) is 15.6. The Kier molecular flexibility index (Phi) is 4.85. The highest BCUT2D eigenvalue weighted by Gasteiger charge is 2.24. The van der Waals surface area contributed by atoms with Crippen LogP contribution in [-0.2, 0) is 9.59 Å². The number of aromatic nitrogens is 3. The molecule has 9 heteroatoms. The number of thioether (sulfide) groups is 1. The molecule has 4 rings (SSSR count). The van der Waals surface area contributed by atoms with Crippen molar-refractivity contribution in [1.29, 1.82) is 0 Å². The standard InChI is InChI=1S/C18H19N5O3S/c1-23(9-15(24)20-11-6-7-11)16(25)10-27-18-22-21-17(26-18)13-8-19-14-5-3-2-4-12(13)14/h2-5,8,11,19H,6-7,9-10H2,1H3,(H,20,24). The minimum atomic E-state index is -0.169. The summed E-state index contributed by atoms with van der Waals surface area (Å²) in [6.45, 7) is 0.0559. The largest absolute Gasteiger partial charge is 0.411 e. The van der Waals surface area contributed by atoms with Crippen molar-refractivity contribution in [3.8, 4) is 11.5 Å². The fourth-order valence-corrected chi connectivity index (χ4v) is 3.37. The molecular formula is C18H19N5O3S. The zero-order chi connectivity index (χ0) is 18.8. The lowest BCUT2D eigenvalue weighted by Gasteiger charge is -2.15. The van der Waals surface area contributed by atoms with Crippen LogP contribution in [-0.4, -0.2) is 57.3 Å². The molecule has 140 valence electrons. The molecule has 1 saturated carbocycles. The van der Waals surface area contributed by atoms with Crippen LogP contribution < -0.4 is 5.32 Å². The van der Waals surface area contributed by atoms with Gasteiger partial charge in [0.2, 0.25) is 11.8 Å². The second-order valence-corrected chi connectivity index (χ2v) is 7.43. The molecule has 1 aromatic carbocycles. The quantitative estimate of drug-likeness (QED) is 0.603. The van der Waals surface area contributed by atoms with Crippen molar-refractivity contribution < 1.29 is 14.0 Å². The summed E-state index contributed by atoms with van der Waals surface area (Å²) in [5.74, 6) is 0.234. The minimum Gasteiger partial charge on any atom is -0.411 e. The third-order valence-electron chi connectivity index (χ3n) is 4.29. The van der Waals surface area contributed by atoms with Gasteiger partial charge in [-0.15, -0.1) is 10.2 Å². The van der Waals surface area contributed by atoms with Crippen LogP contribution in [0.3, 0.4) is 0 Å². The first-order valence-electron chi connectivity index (χ1n) is 8.66. The number of H-pyrrole nitrogens is 1. The van der Waals surface area contributed by atoms with Crippen LogP contribution in [0.5, 0.6) is 0 Å². The highest BCUT2D eigenvalue weighted by atomic mass is 32.2. The number of carbonyl (C=O) groups excluding carboxylic acids is 2. The molecule has 1 aliphatic rings. The second-order valence-electron chi connectivity index (χ2n) is 6.50. The topological polar surface area (TPSA) is 104 Å². The number of benzene rings is 1. The van der Waals surface area contributed by atoms with E-state index < -0.39 is 0 Å². The third kappa shape index (κ3) is 4.13. The monoisotopic (exact) mass is 385 g/mol. The number of nitrogens with one attached hydrogen (secondary N) is 2. The lowest BCUT2D eigenvalue weighted by molar-refractivity contribution is -0.132. The van der Waals surface area contributed by atoms with Crippen molar-refractivity contribution in [2.45, 2.75) is 24.1 Å². The molecule has 2 heterocycles. The summed E-state index contributed by atoms with van der Waals surface area (Å²) in [7, 11) is 1.61. The SMILES string of the molecule is CN(CC(=O)NC1CC1)C(=O)CSc1nnc(-c2c[nH]c3ccccc23)o1. The number of nitrogens with zero attached hydrogens (tertiary/aromatic N) is 3. The van der Waals surface area contributed by atoms with Crippen molar-refractivity contribution >= 4 is 34.5 Å². The van der Waals surface area contributed by atoms with Crippen LogP contribution in [0, 0.1) is 0 Å². The fourth-order valence-electron chi connectivity index (χ4n) is 2.66. The van der Waals surface area contributed by atoms with E-state index in [1.165, 1.54) is 4.90 Å². The van der Waals surface area contributed by atoms with Gasteiger partial charge in [-0.3, -0.25) is 9.59 Å². The number of aromatic amines is 1. The number of rotatable bonds is 7. The van der Waals surface area contributed by atoms with E-state index in [0.717, 1.165) is 41.1 Å². The molecule has 2 N–H and O–H groups in total. The molecule has 0 aliphatic heterocycles. The maximum atomic E-state index is 12.2. The smallest absolute Gasteiger partial charge is 0.277 e. The molecule has 2 amide bonds. The van der Waals surface area contributed by atoms with E-state index in [1.807, 2.05) is 30.5 Å². The van der Waals surface area contributed by atoms with Crippen molar-refractivity contribution in [1.82, 2.24) is 25.4 Å². The summed E-state index contributed by atoms with van der Waals surface area (Å²) in [5.41, 5.74) is 1.81. The summed E-state index contributed by atoms with van der Waals surface area (Å²) in [6, 6.07) is 8.13. The molecule has 27 heavy (non-hydrogen) atoms. The van der Waals surface area contributed by atoms with Crippen LogP contribution in [0.15, 0.2) is 40.1 Å². The van der Waals surface area contributed by atoms with Crippen LogP contribution in [0.2, 0.25) is 0 Å². The normalized spacial score (nSPS) is 13.7. The molecular weight excluding hydrogens is 366 g/mol. The molecule has 1 fully saturated rings. The molecule has 0 spiro atoms. The first-order valence-corrected chi connectivity index (χ1v) is 9.65. The number of amides is 2. The van der Waals surface area contributed by atoms with Crippen molar-refractivity contribution in [2.75, 3.05) is 19.3 Å². The van der Waals surface area contributed by atoms with Crippen molar-refractivity contribution in [3.63, 3.8) is 0 Å². The summed E-state index contributed by atoms with van der Waals surface area (Å²) >= 11 is 1.16. The van der Waals surface area contributed by atoms with Gasteiger partial charge in [-0.2, -0.15) is 0 Å². The van der Waals surface area contributed by atoms with Gasteiger partial charge in [0, 0.05) is 30.2 Å². The zero-order valence-electron chi connectivity index (χ0n) is 14.8. The lowest BCUT2D eigenvalue weighted by atomic mass is 10.2. The Balaban J connectivity index is 1.34. The summed E-state index contributed by atoms with van der Waals surface area (Å²) in [5, 5.41) is 12.3. The number of hydrogen-bond acceptors (Lipinski definition) is 6. The first-order chi connectivity index (χ1) is 13.1. The molecule has 0 radical (unpaired) electrons. The molecule has 2 aromatic heterocycles. The second kappa shape index (κ2) is 7.43. The van der Waals surface area contributed by atoms with E-state index in [4.69, 9.17) is 4.42 Å². The van der Waals surface area contributed by atoms with Gasteiger partial charge >= 0.3 is 0 Å². The Morgan fingerprint density at radius 3 is 2.96 bits per heavy atom. The predicted octanol–water partition coefficient (Wildman–Crippen LogP) is 2.05. The van der Waals surface area contributed by atoms with Gasteiger partial charge < -0.3 is 19.6 Å². The summed E-state index contributed by atoms with van der Waals surface area (Å²) in [4.78, 5) is 28.5. The molecule has 3 aromatic rings. The van der Waals surface area contributed by atoms with E-state index in [0.29, 0.717) is 11.1 Å². The van der Waals surface area contributed by atoms with Gasteiger partial charge in [-0.25, -0.2) is 0 Å². The highest BCUT2D eigenvalue weighted by molar-refractivity contribution is 7.99. The molecule has 0 atom stereocenters. The van der Waals surface area contributed by atoms with Crippen LogP contribution in [0.25, 0.3) is 22.4 Å². The van der Waals surface area contributed by atoms with Gasteiger partial charge in [-0.05, 0) is 18.9 Å². The molecule has 8 nitrogen and oxygen atoms in total. The van der Waals surface area contributed by atoms with Gasteiger partial charge in [0.05, 0.1) is 17.9 Å². The maximum Gasteiger partial charge on any atom is 0.277 e. The van der Waals surface area contributed by atoms with E-state index in [2.05, 4.69) is 20.5 Å². The van der Waals surface area contributed by atoms with E-state index >= 15 is 0 Å². The van der Waals surface area contributed by atoms with Crippen LogP contribution in [0.1, 0.15) is 12.8 Å². The molecule has 0 saturated heterocycles. The van der Waals surface area contributed by atoms with Gasteiger partial charge in [0.1, 0.15) is 0 Å². The minimum absolute atomic E-state index is 0.0559. The summed E-state index contributed by atoms with van der Waals surface area (Å²) in [6.07, 6.45) is 3.87. The average molecular weight is 385 g/mol.